The quantitative estimate of drug-likeness (QED) is 0.781. The van der Waals surface area contributed by atoms with E-state index < -0.39 is 0 Å². The number of fused-ring (bicyclic) bond motifs is 1. The van der Waals surface area contributed by atoms with Gasteiger partial charge in [0.25, 0.3) is 0 Å². The van der Waals surface area contributed by atoms with Crippen LogP contribution in [0, 0.1) is 11.3 Å². The zero-order valence-corrected chi connectivity index (χ0v) is 16.2. The Hall–Kier alpha value is -2.94. The fourth-order valence-electron chi connectivity index (χ4n) is 4.15. The van der Waals surface area contributed by atoms with Crippen LogP contribution in [0.5, 0.6) is 11.6 Å². The molecule has 0 unspecified atom stereocenters. The predicted octanol–water partition coefficient (Wildman–Crippen LogP) is 4.29. The summed E-state index contributed by atoms with van der Waals surface area (Å²) in [5.74, 6) is 1.13. The lowest BCUT2D eigenvalue weighted by molar-refractivity contribution is 0.210. The average Bonchev–Trinajstić information content (AvgIpc) is 3.35. The molecule has 146 valence electrons. The van der Waals surface area contributed by atoms with Crippen molar-refractivity contribution in [3.8, 4) is 17.7 Å². The number of ether oxygens (including phenoxy) is 2. The molecule has 6 nitrogen and oxygen atoms in total. The van der Waals surface area contributed by atoms with Crippen LogP contribution >= 0.6 is 0 Å². The molecule has 1 fully saturated rings. The SMILES string of the molecule is CCCCc1[nH]nc2c1[C@@H](c1cccc(OC3CCCC3)c1)C(C#N)=C(N)O2. The molecule has 1 aliphatic heterocycles. The predicted molar refractivity (Wildman–Crippen MR) is 106 cm³/mol. The number of nitriles is 1. The van der Waals surface area contributed by atoms with Crippen molar-refractivity contribution in [2.45, 2.75) is 63.9 Å². The van der Waals surface area contributed by atoms with Crippen LogP contribution in [0.25, 0.3) is 0 Å². The van der Waals surface area contributed by atoms with Gasteiger partial charge < -0.3 is 15.2 Å². The first-order valence-corrected chi connectivity index (χ1v) is 10.1. The number of aromatic nitrogens is 2. The number of aryl methyl sites for hydroxylation is 1. The van der Waals surface area contributed by atoms with E-state index in [1.54, 1.807) is 0 Å². The molecule has 2 aromatic rings. The van der Waals surface area contributed by atoms with Crippen molar-refractivity contribution in [2.24, 2.45) is 5.73 Å². The molecule has 0 saturated heterocycles. The number of nitrogens with two attached hydrogens (primary N) is 1. The van der Waals surface area contributed by atoms with Crippen molar-refractivity contribution < 1.29 is 9.47 Å². The minimum absolute atomic E-state index is 0.121. The zero-order valence-electron chi connectivity index (χ0n) is 16.2. The number of hydrogen-bond acceptors (Lipinski definition) is 5. The third kappa shape index (κ3) is 3.45. The molecule has 0 radical (unpaired) electrons. The highest BCUT2D eigenvalue weighted by atomic mass is 16.5. The molecule has 1 atom stereocenters. The van der Waals surface area contributed by atoms with Crippen molar-refractivity contribution in [1.29, 1.82) is 5.26 Å². The van der Waals surface area contributed by atoms with Crippen LogP contribution in [0.1, 0.15) is 68.2 Å². The van der Waals surface area contributed by atoms with E-state index in [0.717, 1.165) is 54.7 Å². The Balaban J connectivity index is 1.73. The molecule has 4 rings (SSSR count). The van der Waals surface area contributed by atoms with E-state index in [1.165, 1.54) is 12.8 Å². The van der Waals surface area contributed by atoms with Crippen LogP contribution in [0.4, 0.5) is 0 Å². The number of rotatable bonds is 6. The summed E-state index contributed by atoms with van der Waals surface area (Å²) in [5, 5.41) is 17.2. The van der Waals surface area contributed by atoms with Crippen molar-refractivity contribution >= 4 is 0 Å². The number of nitrogens with one attached hydrogen (secondary N) is 1. The van der Waals surface area contributed by atoms with Crippen molar-refractivity contribution in [2.75, 3.05) is 0 Å². The van der Waals surface area contributed by atoms with Gasteiger partial charge in [0.05, 0.1) is 12.0 Å². The van der Waals surface area contributed by atoms with Crippen LogP contribution in [0.15, 0.2) is 35.7 Å². The van der Waals surface area contributed by atoms with E-state index in [2.05, 4.69) is 23.2 Å². The summed E-state index contributed by atoms with van der Waals surface area (Å²) in [6.07, 6.45) is 7.90. The molecular formula is C22H26N4O2. The molecule has 0 bridgehead atoms. The van der Waals surface area contributed by atoms with E-state index in [1.807, 2.05) is 24.3 Å². The molecule has 0 amide bonds. The van der Waals surface area contributed by atoms with Gasteiger partial charge in [0, 0.05) is 11.3 Å². The molecule has 6 heteroatoms. The van der Waals surface area contributed by atoms with Gasteiger partial charge in [-0.2, -0.15) is 5.26 Å². The first-order chi connectivity index (χ1) is 13.7. The highest BCUT2D eigenvalue weighted by molar-refractivity contribution is 5.56. The average molecular weight is 378 g/mol. The number of nitrogens with zero attached hydrogens (tertiary/aromatic N) is 2. The minimum atomic E-state index is -0.300. The Morgan fingerprint density at radius 3 is 2.93 bits per heavy atom. The summed E-state index contributed by atoms with van der Waals surface area (Å²) in [7, 11) is 0. The fourth-order valence-corrected chi connectivity index (χ4v) is 4.15. The molecule has 1 aliphatic carbocycles. The van der Waals surface area contributed by atoms with Gasteiger partial charge in [0.15, 0.2) is 0 Å². The van der Waals surface area contributed by atoms with E-state index in [4.69, 9.17) is 15.2 Å². The van der Waals surface area contributed by atoms with Gasteiger partial charge >= 0.3 is 0 Å². The minimum Gasteiger partial charge on any atom is -0.490 e. The van der Waals surface area contributed by atoms with Gasteiger partial charge in [-0.25, -0.2) is 0 Å². The maximum Gasteiger partial charge on any atom is 0.244 e. The van der Waals surface area contributed by atoms with E-state index in [0.29, 0.717) is 11.5 Å². The number of benzene rings is 1. The number of unbranched alkanes of at least 4 members (excludes halogenated alkanes) is 1. The summed E-state index contributed by atoms with van der Waals surface area (Å²) in [6.45, 7) is 2.15. The van der Waals surface area contributed by atoms with Crippen molar-refractivity contribution in [3.63, 3.8) is 0 Å². The summed E-state index contributed by atoms with van der Waals surface area (Å²) >= 11 is 0. The molecule has 1 saturated carbocycles. The summed E-state index contributed by atoms with van der Waals surface area (Å²) in [5.41, 5.74) is 9.37. The monoisotopic (exact) mass is 378 g/mol. The standard InChI is InChI=1S/C22H26N4O2/c1-2-3-11-18-20-19(17(13-23)21(24)28-22(20)26-25-18)14-7-6-10-16(12-14)27-15-8-4-5-9-15/h6-7,10,12,15,19H,2-5,8-9,11,24H2,1H3,(H,25,26)/t19-/m0/s1. The highest BCUT2D eigenvalue weighted by Gasteiger charge is 2.35. The fraction of sp³-hybridized carbons (Fsp3) is 0.455. The van der Waals surface area contributed by atoms with Gasteiger partial charge in [-0.1, -0.05) is 25.5 Å². The Morgan fingerprint density at radius 2 is 2.18 bits per heavy atom. The Kier molecular flexibility index (Phi) is 5.25. The summed E-state index contributed by atoms with van der Waals surface area (Å²) < 4.78 is 11.8. The van der Waals surface area contributed by atoms with E-state index >= 15 is 0 Å². The molecule has 2 aliphatic rings. The normalized spacial score (nSPS) is 19.2. The van der Waals surface area contributed by atoms with E-state index in [-0.39, 0.29) is 17.9 Å². The lowest BCUT2D eigenvalue weighted by atomic mass is 9.83. The highest BCUT2D eigenvalue weighted by Crippen LogP contribution is 2.43. The topological polar surface area (TPSA) is 97.0 Å². The number of allylic oxidation sites excluding steroid dienone is 1. The number of aromatic amines is 1. The maximum atomic E-state index is 9.79. The summed E-state index contributed by atoms with van der Waals surface area (Å²) in [4.78, 5) is 0. The second-order valence-corrected chi connectivity index (χ2v) is 7.55. The second kappa shape index (κ2) is 7.97. The Labute approximate surface area is 165 Å². The molecule has 3 N–H and O–H groups in total. The molecule has 0 spiro atoms. The van der Waals surface area contributed by atoms with Crippen LogP contribution in [-0.2, 0) is 6.42 Å². The molecule has 1 aromatic carbocycles. The van der Waals surface area contributed by atoms with E-state index in [9.17, 15) is 5.26 Å². The lowest BCUT2D eigenvalue weighted by Crippen LogP contribution is -2.21. The van der Waals surface area contributed by atoms with Crippen LogP contribution in [-0.4, -0.2) is 16.3 Å². The molecule has 2 heterocycles. The third-order valence-corrected chi connectivity index (χ3v) is 5.59. The Bertz CT molecular complexity index is 919. The van der Waals surface area contributed by atoms with Gasteiger partial charge in [0.2, 0.25) is 11.8 Å². The van der Waals surface area contributed by atoms with Crippen molar-refractivity contribution in [3.05, 3.63) is 52.5 Å². The van der Waals surface area contributed by atoms with Gasteiger partial charge in [0.1, 0.15) is 17.4 Å². The number of hydrogen-bond donors (Lipinski definition) is 2. The maximum absolute atomic E-state index is 9.79. The molecule has 1 aromatic heterocycles. The first kappa shape index (κ1) is 18.4. The largest absolute Gasteiger partial charge is 0.490 e. The van der Waals surface area contributed by atoms with Crippen LogP contribution in [0.3, 0.4) is 0 Å². The zero-order chi connectivity index (χ0) is 19.5. The molecule has 28 heavy (non-hydrogen) atoms. The molecular weight excluding hydrogens is 352 g/mol. The van der Waals surface area contributed by atoms with Crippen LogP contribution < -0.4 is 15.2 Å². The van der Waals surface area contributed by atoms with Gasteiger partial charge in [-0.3, -0.25) is 5.10 Å². The lowest BCUT2D eigenvalue weighted by Gasteiger charge is -2.24. The number of H-pyrrole nitrogens is 1. The van der Waals surface area contributed by atoms with Crippen LogP contribution in [0.2, 0.25) is 0 Å². The first-order valence-electron chi connectivity index (χ1n) is 10.1. The van der Waals surface area contributed by atoms with Gasteiger partial charge in [-0.15, -0.1) is 5.10 Å². The van der Waals surface area contributed by atoms with Crippen molar-refractivity contribution in [1.82, 2.24) is 10.2 Å². The van der Waals surface area contributed by atoms with Gasteiger partial charge in [-0.05, 0) is 56.2 Å². The Morgan fingerprint density at radius 1 is 1.36 bits per heavy atom. The summed E-state index contributed by atoms with van der Waals surface area (Å²) in [6, 6.07) is 10.3. The smallest absolute Gasteiger partial charge is 0.244 e. The third-order valence-electron chi connectivity index (χ3n) is 5.59. The second-order valence-electron chi connectivity index (χ2n) is 7.55.